The minimum Gasteiger partial charge on any atom is -0.313 e. The molecule has 0 spiro atoms. The van der Waals surface area contributed by atoms with Gasteiger partial charge in [-0.3, -0.25) is 4.79 Å². The van der Waals surface area contributed by atoms with Crippen LogP contribution in [0.3, 0.4) is 0 Å². The highest BCUT2D eigenvalue weighted by Crippen LogP contribution is 2.25. The first kappa shape index (κ1) is 12.5. The van der Waals surface area contributed by atoms with Crippen molar-refractivity contribution >= 4 is 0 Å². The van der Waals surface area contributed by atoms with Crippen LogP contribution in [0.25, 0.3) is 11.3 Å². The van der Waals surface area contributed by atoms with Gasteiger partial charge in [0.15, 0.2) is 0 Å². The van der Waals surface area contributed by atoms with Crippen LogP contribution in [0, 0.1) is 12.7 Å². The van der Waals surface area contributed by atoms with Crippen LogP contribution in [0.1, 0.15) is 30.9 Å². The number of aryl methyl sites for hydroxylation is 1. The van der Waals surface area contributed by atoms with E-state index in [2.05, 4.69) is 9.97 Å². The number of aromatic nitrogens is 2. The second-order valence-corrected chi connectivity index (χ2v) is 4.61. The second-order valence-electron chi connectivity index (χ2n) is 4.61. The summed E-state index contributed by atoms with van der Waals surface area (Å²) in [7, 11) is 0. The third-order valence-electron chi connectivity index (χ3n) is 2.91. The lowest BCUT2D eigenvalue weighted by molar-refractivity contribution is 0.619. The topological polar surface area (TPSA) is 45.8 Å². The smallest absolute Gasteiger partial charge is 0.254 e. The number of nitrogens with zero attached hydrogens (tertiary/aromatic N) is 1. The molecule has 94 valence electrons. The maximum atomic E-state index is 13.6. The number of aromatic amines is 1. The Labute approximate surface area is 105 Å². The van der Waals surface area contributed by atoms with E-state index in [4.69, 9.17) is 0 Å². The molecule has 2 aromatic rings. The van der Waals surface area contributed by atoms with Crippen molar-refractivity contribution < 1.29 is 4.39 Å². The maximum absolute atomic E-state index is 13.6. The van der Waals surface area contributed by atoms with E-state index < -0.39 is 0 Å². The number of nitrogens with one attached hydrogen (secondary N) is 1. The Morgan fingerprint density at radius 1 is 1.33 bits per heavy atom. The fourth-order valence-corrected chi connectivity index (χ4v) is 1.92. The number of benzene rings is 1. The van der Waals surface area contributed by atoms with Crippen LogP contribution in [0.5, 0.6) is 0 Å². The number of H-pyrrole nitrogens is 1. The molecule has 1 aromatic carbocycles. The summed E-state index contributed by atoms with van der Waals surface area (Å²) >= 11 is 0. The van der Waals surface area contributed by atoms with Crippen molar-refractivity contribution in [3.05, 3.63) is 51.8 Å². The standard InChI is InChI=1S/C14H15FN2O/c1-8(2)12-13(16-7-17-14(12)18)10-5-4-9(3)11(15)6-10/h4-8H,1-3H3,(H,16,17,18). The van der Waals surface area contributed by atoms with E-state index >= 15 is 0 Å². The van der Waals surface area contributed by atoms with E-state index in [1.807, 2.05) is 13.8 Å². The molecular formula is C14H15FN2O. The van der Waals surface area contributed by atoms with Crippen LogP contribution in [0.15, 0.2) is 29.3 Å². The molecule has 0 saturated carbocycles. The predicted molar refractivity (Wildman–Crippen MR) is 69.1 cm³/mol. The summed E-state index contributed by atoms with van der Waals surface area (Å²) in [5, 5.41) is 0. The van der Waals surface area contributed by atoms with Gasteiger partial charge in [0.1, 0.15) is 5.82 Å². The van der Waals surface area contributed by atoms with Gasteiger partial charge in [0, 0.05) is 11.1 Å². The maximum Gasteiger partial charge on any atom is 0.254 e. The van der Waals surface area contributed by atoms with Gasteiger partial charge in [-0.05, 0) is 24.5 Å². The first-order valence-corrected chi connectivity index (χ1v) is 5.84. The van der Waals surface area contributed by atoms with Gasteiger partial charge in [-0.1, -0.05) is 26.0 Å². The van der Waals surface area contributed by atoms with E-state index in [1.54, 1.807) is 19.1 Å². The molecule has 0 saturated heterocycles. The molecule has 0 aliphatic heterocycles. The van der Waals surface area contributed by atoms with Gasteiger partial charge in [0.2, 0.25) is 0 Å². The van der Waals surface area contributed by atoms with Crippen molar-refractivity contribution in [2.24, 2.45) is 0 Å². The van der Waals surface area contributed by atoms with Gasteiger partial charge in [-0.25, -0.2) is 9.37 Å². The van der Waals surface area contributed by atoms with Crippen molar-refractivity contribution in [2.75, 3.05) is 0 Å². The molecule has 0 amide bonds. The Kier molecular flexibility index (Phi) is 3.28. The molecule has 3 nitrogen and oxygen atoms in total. The second kappa shape index (κ2) is 4.72. The lowest BCUT2D eigenvalue weighted by Gasteiger charge is -2.10. The molecule has 1 heterocycles. The summed E-state index contributed by atoms with van der Waals surface area (Å²) in [6.07, 6.45) is 1.35. The third kappa shape index (κ3) is 2.18. The summed E-state index contributed by atoms with van der Waals surface area (Å²) in [6, 6.07) is 4.90. The molecule has 2 rings (SSSR count). The Morgan fingerprint density at radius 2 is 2.06 bits per heavy atom. The Morgan fingerprint density at radius 3 is 2.67 bits per heavy atom. The summed E-state index contributed by atoms with van der Waals surface area (Å²) in [5.74, 6) is -0.258. The first-order valence-electron chi connectivity index (χ1n) is 5.84. The van der Waals surface area contributed by atoms with E-state index in [9.17, 15) is 9.18 Å². The van der Waals surface area contributed by atoms with Gasteiger partial charge in [0.25, 0.3) is 5.56 Å². The highest BCUT2D eigenvalue weighted by atomic mass is 19.1. The lowest BCUT2D eigenvalue weighted by atomic mass is 9.98. The Balaban J connectivity index is 2.67. The summed E-state index contributed by atoms with van der Waals surface area (Å²) in [4.78, 5) is 18.6. The molecule has 0 atom stereocenters. The minimum atomic E-state index is -0.288. The lowest BCUT2D eigenvalue weighted by Crippen LogP contribution is -2.16. The van der Waals surface area contributed by atoms with Crippen LogP contribution < -0.4 is 5.56 Å². The normalized spacial score (nSPS) is 10.9. The third-order valence-corrected chi connectivity index (χ3v) is 2.91. The minimum absolute atomic E-state index is 0.0295. The highest BCUT2D eigenvalue weighted by molar-refractivity contribution is 5.63. The SMILES string of the molecule is Cc1ccc(-c2nc[nH]c(=O)c2C(C)C)cc1F. The van der Waals surface area contributed by atoms with Crippen LogP contribution in [0.4, 0.5) is 4.39 Å². The summed E-state index contributed by atoms with van der Waals surface area (Å²) in [6.45, 7) is 5.54. The largest absolute Gasteiger partial charge is 0.313 e. The van der Waals surface area contributed by atoms with E-state index in [1.165, 1.54) is 12.4 Å². The van der Waals surface area contributed by atoms with Crippen molar-refractivity contribution in [1.29, 1.82) is 0 Å². The molecule has 0 aliphatic rings. The van der Waals surface area contributed by atoms with Gasteiger partial charge < -0.3 is 4.98 Å². The van der Waals surface area contributed by atoms with Crippen molar-refractivity contribution in [3.63, 3.8) is 0 Å². The van der Waals surface area contributed by atoms with Gasteiger partial charge in [0.05, 0.1) is 12.0 Å². The number of hydrogen-bond donors (Lipinski definition) is 1. The van der Waals surface area contributed by atoms with E-state index in [0.29, 0.717) is 22.4 Å². The Hall–Kier alpha value is -1.97. The zero-order chi connectivity index (χ0) is 13.3. The van der Waals surface area contributed by atoms with Crippen LogP contribution in [-0.2, 0) is 0 Å². The summed E-state index contributed by atoms with van der Waals surface area (Å²) in [5.41, 5.74) is 2.17. The van der Waals surface area contributed by atoms with Crippen molar-refractivity contribution in [3.8, 4) is 11.3 Å². The molecule has 1 aromatic heterocycles. The van der Waals surface area contributed by atoms with Crippen LogP contribution in [-0.4, -0.2) is 9.97 Å². The van der Waals surface area contributed by atoms with Crippen LogP contribution in [0.2, 0.25) is 0 Å². The van der Waals surface area contributed by atoms with Gasteiger partial charge >= 0.3 is 0 Å². The predicted octanol–water partition coefficient (Wildman–Crippen LogP) is 3.01. The Bertz CT molecular complexity index is 632. The zero-order valence-electron chi connectivity index (χ0n) is 10.6. The van der Waals surface area contributed by atoms with Crippen molar-refractivity contribution in [1.82, 2.24) is 9.97 Å². The van der Waals surface area contributed by atoms with E-state index in [-0.39, 0.29) is 17.3 Å². The molecule has 0 bridgehead atoms. The number of rotatable bonds is 2. The van der Waals surface area contributed by atoms with Gasteiger partial charge in [-0.15, -0.1) is 0 Å². The average molecular weight is 246 g/mol. The zero-order valence-corrected chi connectivity index (χ0v) is 10.6. The monoisotopic (exact) mass is 246 g/mol. The van der Waals surface area contributed by atoms with E-state index in [0.717, 1.165) is 0 Å². The molecule has 4 heteroatoms. The quantitative estimate of drug-likeness (QED) is 0.885. The molecule has 0 radical (unpaired) electrons. The van der Waals surface area contributed by atoms with Gasteiger partial charge in [-0.2, -0.15) is 0 Å². The molecule has 1 N–H and O–H groups in total. The molecule has 0 aliphatic carbocycles. The first-order chi connectivity index (χ1) is 8.50. The fourth-order valence-electron chi connectivity index (χ4n) is 1.92. The summed E-state index contributed by atoms with van der Waals surface area (Å²) < 4.78 is 13.6. The van der Waals surface area contributed by atoms with Crippen LogP contribution >= 0.6 is 0 Å². The average Bonchev–Trinajstić information content (AvgIpc) is 2.32. The highest BCUT2D eigenvalue weighted by Gasteiger charge is 2.14. The number of halogens is 1. The molecule has 0 fully saturated rings. The number of hydrogen-bond acceptors (Lipinski definition) is 2. The fraction of sp³-hybridized carbons (Fsp3) is 0.286. The molecule has 0 unspecified atom stereocenters. The van der Waals surface area contributed by atoms with Crippen molar-refractivity contribution in [2.45, 2.75) is 26.7 Å². The molecular weight excluding hydrogens is 231 g/mol. The molecule has 18 heavy (non-hydrogen) atoms.